The van der Waals surface area contributed by atoms with Gasteiger partial charge in [0, 0.05) is 31.5 Å². The molecule has 4 heterocycles. The highest BCUT2D eigenvalue weighted by molar-refractivity contribution is 5.93. The highest BCUT2D eigenvalue weighted by atomic mass is 16.2. The number of amides is 1. The van der Waals surface area contributed by atoms with Crippen LogP contribution in [0.4, 0.5) is 0 Å². The van der Waals surface area contributed by atoms with Gasteiger partial charge >= 0.3 is 0 Å². The highest BCUT2D eigenvalue weighted by Crippen LogP contribution is 2.09. The van der Waals surface area contributed by atoms with Gasteiger partial charge < -0.3 is 9.72 Å². The summed E-state index contributed by atoms with van der Waals surface area (Å²) in [6.45, 7) is 4.08. The molecule has 0 aromatic carbocycles. The van der Waals surface area contributed by atoms with Gasteiger partial charge in [-0.2, -0.15) is 5.10 Å². The molecule has 1 N–H and O–H groups in total. The molecule has 4 rings (SSSR count). The van der Waals surface area contributed by atoms with Gasteiger partial charge in [-0.05, 0) is 26.0 Å². The third-order valence-corrected chi connectivity index (χ3v) is 4.49. The van der Waals surface area contributed by atoms with E-state index in [0.717, 1.165) is 11.3 Å². The number of fused-ring (bicyclic) bond motifs is 2. The van der Waals surface area contributed by atoms with Crippen molar-refractivity contribution in [3.63, 3.8) is 0 Å². The summed E-state index contributed by atoms with van der Waals surface area (Å²) in [6.07, 6.45) is 4.69. The molecule has 1 atom stereocenters. The summed E-state index contributed by atoms with van der Waals surface area (Å²) in [5, 5.41) is 7.39. The number of aryl methyl sites for hydroxylation is 2. The van der Waals surface area contributed by atoms with Crippen LogP contribution in [0.25, 0.3) is 16.7 Å². The molecule has 0 radical (unpaired) electrons. The Labute approximate surface area is 154 Å². The van der Waals surface area contributed by atoms with Crippen LogP contribution in [0.3, 0.4) is 0 Å². The average Bonchev–Trinajstić information content (AvgIpc) is 3.23. The molecule has 1 amide bonds. The second kappa shape index (κ2) is 6.35. The zero-order valence-corrected chi connectivity index (χ0v) is 15.2. The number of nitrogens with zero attached hydrogens (tertiary/aromatic N) is 6. The molecule has 0 saturated heterocycles. The second-order valence-corrected chi connectivity index (χ2v) is 6.60. The lowest BCUT2D eigenvalue weighted by Gasteiger charge is -2.14. The van der Waals surface area contributed by atoms with E-state index in [-0.39, 0.29) is 17.5 Å². The van der Waals surface area contributed by atoms with Crippen molar-refractivity contribution in [1.29, 1.82) is 0 Å². The van der Waals surface area contributed by atoms with Crippen molar-refractivity contribution in [2.24, 2.45) is 7.05 Å². The van der Waals surface area contributed by atoms with Crippen LogP contribution < -0.4 is 10.9 Å². The number of carbonyl (C=O) groups is 1. The van der Waals surface area contributed by atoms with Gasteiger partial charge in [-0.3, -0.25) is 18.8 Å². The number of imidazole rings is 1. The summed E-state index contributed by atoms with van der Waals surface area (Å²) in [7, 11) is 1.73. The van der Waals surface area contributed by atoms with Gasteiger partial charge in [0.05, 0.1) is 6.20 Å². The molecule has 4 aromatic heterocycles. The fraction of sp³-hybridized carbons (Fsp3) is 0.278. The number of hydrogen-bond donors (Lipinski definition) is 1. The molecule has 0 fully saturated rings. The Hall–Kier alpha value is -3.49. The minimum atomic E-state index is -0.283. The maximum atomic E-state index is 12.5. The number of pyridine rings is 1. The van der Waals surface area contributed by atoms with Crippen LogP contribution in [-0.2, 0) is 13.6 Å². The van der Waals surface area contributed by atoms with Gasteiger partial charge in [-0.1, -0.05) is 6.07 Å². The Balaban J connectivity index is 1.52. The lowest BCUT2D eigenvalue weighted by Crippen LogP contribution is -2.38. The molecular formula is C18H19N7O2. The van der Waals surface area contributed by atoms with Crippen molar-refractivity contribution in [2.75, 3.05) is 0 Å². The van der Waals surface area contributed by atoms with Crippen molar-refractivity contribution < 1.29 is 4.79 Å². The van der Waals surface area contributed by atoms with E-state index in [1.807, 2.05) is 36.4 Å². The number of nitrogens with one attached hydrogen (secondary N) is 1. The Morgan fingerprint density at radius 3 is 2.93 bits per heavy atom. The molecule has 0 aliphatic carbocycles. The maximum absolute atomic E-state index is 12.5. The zero-order valence-electron chi connectivity index (χ0n) is 15.2. The van der Waals surface area contributed by atoms with E-state index in [2.05, 4.69) is 20.4 Å². The Morgan fingerprint density at radius 1 is 1.33 bits per heavy atom. The Kier molecular flexibility index (Phi) is 3.98. The zero-order chi connectivity index (χ0) is 19.1. The largest absolute Gasteiger partial charge is 0.346 e. The number of hydrogen-bond acceptors (Lipinski definition) is 5. The van der Waals surface area contributed by atoms with Crippen molar-refractivity contribution >= 4 is 22.6 Å². The fourth-order valence-electron chi connectivity index (χ4n) is 3.09. The number of aromatic nitrogens is 6. The quantitative estimate of drug-likeness (QED) is 0.579. The van der Waals surface area contributed by atoms with Gasteiger partial charge in [-0.15, -0.1) is 0 Å². The van der Waals surface area contributed by atoms with E-state index >= 15 is 0 Å². The lowest BCUT2D eigenvalue weighted by molar-refractivity contribution is 0.0932. The molecular weight excluding hydrogens is 346 g/mol. The molecule has 9 heteroatoms. The molecule has 4 aromatic rings. The molecule has 0 saturated carbocycles. The summed E-state index contributed by atoms with van der Waals surface area (Å²) < 4.78 is 4.89. The first kappa shape index (κ1) is 17.0. The smallest absolute Gasteiger partial charge is 0.271 e. The predicted molar refractivity (Wildman–Crippen MR) is 99.6 cm³/mol. The second-order valence-electron chi connectivity index (χ2n) is 6.60. The topological polar surface area (TPSA) is 99.1 Å². The summed E-state index contributed by atoms with van der Waals surface area (Å²) >= 11 is 0. The first-order valence-electron chi connectivity index (χ1n) is 8.57. The van der Waals surface area contributed by atoms with E-state index in [4.69, 9.17) is 0 Å². The molecule has 9 nitrogen and oxygen atoms in total. The minimum absolute atomic E-state index is 0.183. The lowest BCUT2D eigenvalue weighted by atomic mass is 10.3. The normalized spacial score (nSPS) is 12.6. The summed E-state index contributed by atoms with van der Waals surface area (Å²) in [5.41, 5.74) is 2.40. The summed E-state index contributed by atoms with van der Waals surface area (Å²) in [5.74, 6) is -0.283. The monoisotopic (exact) mass is 365 g/mol. The third kappa shape index (κ3) is 2.97. The fourth-order valence-corrected chi connectivity index (χ4v) is 3.09. The van der Waals surface area contributed by atoms with Crippen LogP contribution in [0, 0.1) is 6.92 Å². The van der Waals surface area contributed by atoms with Crippen molar-refractivity contribution in [1.82, 2.24) is 34.0 Å². The van der Waals surface area contributed by atoms with Gasteiger partial charge in [0.25, 0.3) is 11.5 Å². The van der Waals surface area contributed by atoms with Gasteiger partial charge in [0.15, 0.2) is 5.65 Å². The highest BCUT2D eigenvalue weighted by Gasteiger charge is 2.16. The van der Waals surface area contributed by atoms with Crippen LogP contribution in [0.1, 0.15) is 23.1 Å². The van der Waals surface area contributed by atoms with Crippen molar-refractivity contribution in [3.8, 4) is 0 Å². The van der Waals surface area contributed by atoms with Crippen LogP contribution in [-0.4, -0.2) is 40.7 Å². The third-order valence-electron chi connectivity index (χ3n) is 4.49. The Morgan fingerprint density at radius 2 is 2.15 bits per heavy atom. The molecule has 138 valence electrons. The van der Waals surface area contributed by atoms with E-state index in [1.54, 1.807) is 17.9 Å². The SMILES string of the molecule is Cc1cccc2nc(C(=O)NC(C)Cn3cnc4c(cnn4C)c3=O)cn12. The summed E-state index contributed by atoms with van der Waals surface area (Å²) in [6, 6.07) is 5.42. The first-order valence-corrected chi connectivity index (χ1v) is 8.57. The van der Waals surface area contributed by atoms with Gasteiger partial charge in [0.1, 0.15) is 23.1 Å². The Bertz CT molecular complexity index is 1220. The van der Waals surface area contributed by atoms with E-state index in [9.17, 15) is 9.59 Å². The van der Waals surface area contributed by atoms with Crippen LogP contribution >= 0.6 is 0 Å². The van der Waals surface area contributed by atoms with E-state index in [1.165, 1.54) is 17.1 Å². The number of carbonyl (C=O) groups excluding carboxylic acids is 1. The van der Waals surface area contributed by atoms with Gasteiger partial charge in [0.2, 0.25) is 0 Å². The average molecular weight is 365 g/mol. The van der Waals surface area contributed by atoms with Crippen molar-refractivity contribution in [2.45, 2.75) is 26.4 Å². The standard InChI is InChI=1S/C18H19N7O2/c1-11(8-24-10-19-16-13(18(24)27)7-20-23(16)3)21-17(26)14-9-25-12(2)5-4-6-15(25)22-14/h4-7,9-11H,8H2,1-3H3,(H,21,26). The van der Waals surface area contributed by atoms with E-state index in [0.29, 0.717) is 23.3 Å². The molecule has 0 aliphatic rings. The van der Waals surface area contributed by atoms with Crippen LogP contribution in [0.2, 0.25) is 0 Å². The molecule has 0 aliphatic heterocycles. The molecule has 0 bridgehead atoms. The van der Waals surface area contributed by atoms with Crippen LogP contribution in [0.5, 0.6) is 0 Å². The maximum Gasteiger partial charge on any atom is 0.271 e. The van der Waals surface area contributed by atoms with Crippen LogP contribution in [0.15, 0.2) is 41.7 Å². The predicted octanol–water partition coefficient (Wildman–Crippen LogP) is 0.905. The molecule has 27 heavy (non-hydrogen) atoms. The first-order chi connectivity index (χ1) is 12.9. The van der Waals surface area contributed by atoms with E-state index < -0.39 is 0 Å². The molecule has 1 unspecified atom stereocenters. The van der Waals surface area contributed by atoms with Crippen molar-refractivity contribution in [3.05, 3.63) is 58.7 Å². The number of rotatable bonds is 4. The minimum Gasteiger partial charge on any atom is -0.346 e. The molecule has 0 spiro atoms. The summed E-state index contributed by atoms with van der Waals surface area (Å²) in [4.78, 5) is 33.7. The van der Waals surface area contributed by atoms with Gasteiger partial charge in [-0.25, -0.2) is 9.97 Å².